The summed E-state index contributed by atoms with van der Waals surface area (Å²) in [6.07, 6.45) is 15.0. The third-order valence-electron chi connectivity index (χ3n) is 4.82. The summed E-state index contributed by atoms with van der Waals surface area (Å²) >= 11 is 0. The van der Waals surface area contributed by atoms with Gasteiger partial charge >= 0.3 is 5.97 Å². The molecular formula is C20H40O2. The Balaban J connectivity index is 3.64. The van der Waals surface area contributed by atoms with Crippen molar-refractivity contribution in [3.05, 3.63) is 0 Å². The fraction of sp³-hybridized carbons (Fsp3) is 0.950. The second-order valence-electron chi connectivity index (χ2n) is 6.68. The van der Waals surface area contributed by atoms with Gasteiger partial charge in [-0.15, -0.1) is 0 Å². The van der Waals surface area contributed by atoms with Gasteiger partial charge in [0.25, 0.3) is 0 Å². The zero-order valence-corrected chi connectivity index (χ0v) is 15.7. The first-order chi connectivity index (χ1) is 10.7. The Bertz CT molecular complexity index is 246. The fourth-order valence-electron chi connectivity index (χ4n) is 2.91. The molecule has 1 unspecified atom stereocenters. The Kier molecular flexibility index (Phi) is 15.0. The molecule has 22 heavy (non-hydrogen) atoms. The van der Waals surface area contributed by atoms with Crippen molar-refractivity contribution in [2.75, 3.05) is 6.61 Å². The highest BCUT2D eigenvalue weighted by atomic mass is 16.5. The molecule has 2 nitrogen and oxygen atoms in total. The van der Waals surface area contributed by atoms with Gasteiger partial charge in [-0.25, -0.2) is 0 Å². The summed E-state index contributed by atoms with van der Waals surface area (Å²) in [5.74, 6) is 0.665. The van der Waals surface area contributed by atoms with Gasteiger partial charge in [-0.05, 0) is 25.2 Å². The molecule has 0 aliphatic carbocycles. The number of carbonyl (C=O) groups excluding carboxylic acids is 1. The number of esters is 1. The third-order valence-corrected chi connectivity index (χ3v) is 4.82. The maximum atomic E-state index is 11.9. The summed E-state index contributed by atoms with van der Waals surface area (Å²) < 4.78 is 5.52. The van der Waals surface area contributed by atoms with Gasteiger partial charge in [0.15, 0.2) is 0 Å². The first-order valence-electron chi connectivity index (χ1n) is 9.86. The van der Waals surface area contributed by atoms with Crippen molar-refractivity contribution in [1.82, 2.24) is 0 Å². The van der Waals surface area contributed by atoms with Gasteiger partial charge in [0, 0.05) is 0 Å². The lowest BCUT2D eigenvalue weighted by Crippen LogP contribution is -2.20. The zero-order chi connectivity index (χ0) is 16.6. The Morgan fingerprint density at radius 3 is 1.82 bits per heavy atom. The van der Waals surface area contributed by atoms with Crippen molar-refractivity contribution in [2.45, 2.75) is 105 Å². The van der Waals surface area contributed by atoms with E-state index in [0.29, 0.717) is 12.5 Å². The van der Waals surface area contributed by atoms with E-state index in [9.17, 15) is 4.79 Å². The Morgan fingerprint density at radius 2 is 1.32 bits per heavy atom. The lowest BCUT2D eigenvalue weighted by atomic mass is 9.98. The van der Waals surface area contributed by atoms with Crippen LogP contribution in [0.4, 0.5) is 0 Å². The SMILES string of the molecule is CCCCCCCCCCC(CC)COC(=O)C(CC)CC. The van der Waals surface area contributed by atoms with Crippen molar-refractivity contribution in [3.63, 3.8) is 0 Å². The van der Waals surface area contributed by atoms with Crippen LogP contribution in [0.3, 0.4) is 0 Å². The molecule has 0 bridgehead atoms. The molecule has 0 aromatic heterocycles. The van der Waals surface area contributed by atoms with Crippen molar-refractivity contribution < 1.29 is 9.53 Å². The number of hydrogen-bond donors (Lipinski definition) is 0. The van der Waals surface area contributed by atoms with Crippen LogP contribution in [0.1, 0.15) is 105 Å². The average Bonchev–Trinajstić information content (AvgIpc) is 2.54. The quantitative estimate of drug-likeness (QED) is 0.254. The molecule has 0 aliphatic rings. The second-order valence-corrected chi connectivity index (χ2v) is 6.68. The molecule has 0 saturated carbocycles. The molecule has 0 aliphatic heterocycles. The highest BCUT2D eigenvalue weighted by molar-refractivity contribution is 5.72. The molecule has 0 fully saturated rings. The summed E-state index contributed by atoms with van der Waals surface area (Å²) in [7, 11) is 0. The molecule has 0 saturated heterocycles. The fourth-order valence-corrected chi connectivity index (χ4v) is 2.91. The summed E-state index contributed by atoms with van der Waals surface area (Å²) in [4.78, 5) is 11.9. The van der Waals surface area contributed by atoms with Crippen molar-refractivity contribution in [1.29, 1.82) is 0 Å². The van der Waals surface area contributed by atoms with E-state index in [2.05, 4.69) is 27.7 Å². The standard InChI is InChI=1S/C20H40O2/c1-5-9-10-11-12-13-14-15-16-18(6-2)17-22-20(21)19(7-3)8-4/h18-19H,5-17H2,1-4H3. The Hall–Kier alpha value is -0.530. The van der Waals surface area contributed by atoms with E-state index in [0.717, 1.165) is 19.3 Å². The summed E-state index contributed by atoms with van der Waals surface area (Å²) in [6, 6.07) is 0. The van der Waals surface area contributed by atoms with Crippen molar-refractivity contribution in [2.24, 2.45) is 11.8 Å². The summed E-state index contributed by atoms with van der Waals surface area (Å²) in [5.41, 5.74) is 0. The van der Waals surface area contributed by atoms with Crippen LogP contribution in [0, 0.1) is 11.8 Å². The Labute approximate surface area is 139 Å². The highest BCUT2D eigenvalue weighted by Crippen LogP contribution is 2.17. The number of carbonyl (C=O) groups is 1. The minimum atomic E-state index is 0.0133. The zero-order valence-electron chi connectivity index (χ0n) is 15.7. The molecule has 132 valence electrons. The minimum absolute atomic E-state index is 0.0133. The molecule has 0 N–H and O–H groups in total. The van der Waals surface area contributed by atoms with Crippen LogP contribution in [0.25, 0.3) is 0 Å². The molecule has 2 heteroatoms. The van der Waals surface area contributed by atoms with Gasteiger partial charge in [0.2, 0.25) is 0 Å². The smallest absolute Gasteiger partial charge is 0.308 e. The second kappa shape index (κ2) is 15.4. The van der Waals surface area contributed by atoms with Crippen molar-refractivity contribution in [3.8, 4) is 0 Å². The van der Waals surface area contributed by atoms with Gasteiger partial charge in [-0.3, -0.25) is 4.79 Å². The normalized spacial score (nSPS) is 12.6. The van der Waals surface area contributed by atoms with E-state index >= 15 is 0 Å². The van der Waals surface area contributed by atoms with Crippen LogP contribution in [-0.2, 0) is 9.53 Å². The number of ether oxygens (including phenoxy) is 1. The molecule has 0 heterocycles. The number of hydrogen-bond acceptors (Lipinski definition) is 2. The molecule has 0 radical (unpaired) electrons. The number of rotatable bonds is 15. The summed E-state index contributed by atoms with van der Waals surface area (Å²) in [6.45, 7) is 9.23. The van der Waals surface area contributed by atoms with Gasteiger partial charge in [0.1, 0.15) is 0 Å². The first kappa shape index (κ1) is 21.5. The van der Waals surface area contributed by atoms with E-state index < -0.39 is 0 Å². The monoisotopic (exact) mass is 312 g/mol. The van der Waals surface area contributed by atoms with Gasteiger partial charge in [-0.2, -0.15) is 0 Å². The van der Waals surface area contributed by atoms with Crippen LogP contribution < -0.4 is 0 Å². The van der Waals surface area contributed by atoms with Crippen LogP contribution in [0.5, 0.6) is 0 Å². The van der Waals surface area contributed by atoms with Crippen molar-refractivity contribution >= 4 is 5.97 Å². The van der Waals surface area contributed by atoms with E-state index in [1.54, 1.807) is 0 Å². The lowest BCUT2D eigenvalue weighted by molar-refractivity contribution is -0.150. The topological polar surface area (TPSA) is 26.3 Å². The van der Waals surface area contributed by atoms with E-state index in [-0.39, 0.29) is 11.9 Å². The first-order valence-corrected chi connectivity index (χ1v) is 9.86. The van der Waals surface area contributed by atoms with Gasteiger partial charge in [0.05, 0.1) is 12.5 Å². The molecular weight excluding hydrogens is 272 g/mol. The maximum Gasteiger partial charge on any atom is 0.308 e. The molecule has 0 spiro atoms. The molecule has 0 aromatic rings. The predicted molar refractivity (Wildman–Crippen MR) is 96.0 cm³/mol. The maximum absolute atomic E-state index is 11.9. The summed E-state index contributed by atoms with van der Waals surface area (Å²) in [5, 5.41) is 0. The predicted octanol–water partition coefficient (Wildman–Crippen LogP) is 6.52. The Morgan fingerprint density at radius 1 is 0.773 bits per heavy atom. The highest BCUT2D eigenvalue weighted by Gasteiger charge is 2.17. The van der Waals surface area contributed by atoms with E-state index in [1.807, 2.05) is 0 Å². The van der Waals surface area contributed by atoms with Crippen LogP contribution in [-0.4, -0.2) is 12.6 Å². The third kappa shape index (κ3) is 11.1. The molecule has 1 atom stereocenters. The van der Waals surface area contributed by atoms with Gasteiger partial charge < -0.3 is 4.74 Å². The molecule has 0 amide bonds. The average molecular weight is 313 g/mol. The van der Waals surface area contributed by atoms with Crippen LogP contribution >= 0.6 is 0 Å². The van der Waals surface area contributed by atoms with Crippen LogP contribution in [0.2, 0.25) is 0 Å². The number of unbranched alkanes of at least 4 members (excludes halogenated alkanes) is 7. The minimum Gasteiger partial charge on any atom is -0.465 e. The largest absolute Gasteiger partial charge is 0.465 e. The molecule has 0 rings (SSSR count). The van der Waals surface area contributed by atoms with E-state index in [1.165, 1.54) is 57.8 Å². The molecule has 0 aromatic carbocycles. The van der Waals surface area contributed by atoms with Crippen LogP contribution in [0.15, 0.2) is 0 Å². The lowest BCUT2D eigenvalue weighted by Gasteiger charge is -2.17. The van der Waals surface area contributed by atoms with E-state index in [4.69, 9.17) is 4.74 Å². The van der Waals surface area contributed by atoms with Gasteiger partial charge in [-0.1, -0.05) is 85.5 Å².